The number of piperazine rings is 1. The Balaban J connectivity index is 2.26. The summed E-state index contributed by atoms with van der Waals surface area (Å²) in [4.78, 5) is 15.1. The van der Waals surface area contributed by atoms with Crippen LogP contribution in [0.1, 0.15) is 20.3 Å². The lowest BCUT2D eigenvalue weighted by molar-refractivity contribution is -0.384. The van der Waals surface area contributed by atoms with E-state index in [1.807, 2.05) is 4.90 Å². The normalized spacial score (nSPS) is 16.1. The highest BCUT2D eigenvalue weighted by Gasteiger charge is 2.28. The van der Waals surface area contributed by atoms with Gasteiger partial charge in [-0.1, -0.05) is 13.8 Å². The van der Waals surface area contributed by atoms with Crippen LogP contribution in [0.5, 0.6) is 0 Å². The SMILES string of the molecule is CCN(CC)S(=O)(=O)c1ccc(N2CCN(CCCO)CC2)c([N+](=O)[O-])c1. The fourth-order valence-electron chi connectivity index (χ4n) is 3.30. The van der Waals surface area contributed by atoms with Gasteiger partial charge in [-0.05, 0) is 18.6 Å². The Labute approximate surface area is 160 Å². The summed E-state index contributed by atoms with van der Waals surface area (Å²) in [5.41, 5.74) is 0.257. The van der Waals surface area contributed by atoms with Crippen LogP contribution >= 0.6 is 0 Å². The van der Waals surface area contributed by atoms with E-state index in [1.165, 1.54) is 22.5 Å². The van der Waals surface area contributed by atoms with E-state index < -0.39 is 14.9 Å². The third kappa shape index (κ3) is 4.95. The summed E-state index contributed by atoms with van der Waals surface area (Å²) in [5.74, 6) is 0. The quantitative estimate of drug-likeness (QED) is 0.489. The molecule has 10 heteroatoms. The minimum Gasteiger partial charge on any atom is -0.396 e. The average molecular weight is 401 g/mol. The van der Waals surface area contributed by atoms with Gasteiger partial charge < -0.3 is 10.0 Å². The summed E-state index contributed by atoms with van der Waals surface area (Å²) < 4.78 is 26.6. The summed E-state index contributed by atoms with van der Waals surface area (Å²) in [5, 5.41) is 20.5. The number of rotatable bonds is 9. The predicted octanol–water partition coefficient (Wildman–Crippen LogP) is 1.13. The number of nitro groups is 1. The Morgan fingerprint density at radius 3 is 2.33 bits per heavy atom. The van der Waals surface area contributed by atoms with Crippen LogP contribution in [0.2, 0.25) is 0 Å². The van der Waals surface area contributed by atoms with Crippen molar-refractivity contribution in [3.63, 3.8) is 0 Å². The van der Waals surface area contributed by atoms with Crippen molar-refractivity contribution in [1.82, 2.24) is 9.21 Å². The number of aliphatic hydroxyl groups excluding tert-OH is 1. The van der Waals surface area contributed by atoms with Crippen molar-refractivity contribution in [2.45, 2.75) is 25.2 Å². The van der Waals surface area contributed by atoms with Crippen LogP contribution in [0.3, 0.4) is 0 Å². The zero-order valence-corrected chi connectivity index (χ0v) is 16.7. The molecule has 1 aromatic rings. The number of hydrogen-bond acceptors (Lipinski definition) is 7. The van der Waals surface area contributed by atoms with Crippen LogP contribution in [0, 0.1) is 10.1 Å². The minimum absolute atomic E-state index is 0.0526. The fourth-order valence-corrected chi connectivity index (χ4v) is 4.78. The van der Waals surface area contributed by atoms with Gasteiger partial charge in [0.05, 0.1) is 9.82 Å². The molecule has 0 aromatic heterocycles. The van der Waals surface area contributed by atoms with Gasteiger partial charge >= 0.3 is 0 Å². The van der Waals surface area contributed by atoms with Crippen LogP contribution < -0.4 is 4.90 Å². The minimum atomic E-state index is -3.75. The van der Waals surface area contributed by atoms with E-state index in [0.29, 0.717) is 38.3 Å². The maximum atomic E-state index is 12.7. The number of anilines is 1. The predicted molar refractivity (Wildman–Crippen MR) is 104 cm³/mol. The molecule has 0 atom stereocenters. The first-order valence-corrected chi connectivity index (χ1v) is 10.7. The second kappa shape index (κ2) is 9.45. The molecule has 1 saturated heterocycles. The topological polar surface area (TPSA) is 107 Å². The monoisotopic (exact) mass is 400 g/mol. The van der Waals surface area contributed by atoms with Gasteiger partial charge in [0, 0.05) is 58.5 Å². The smallest absolute Gasteiger partial charge is 0.293 e. The lowest BCUT2D eigenvalue weighted by Gasteiger charge is -2.35. The van der Waals surface area contributed by atoms with Crippen molar-refractivity contribution in [2.24, 2.45) is 0 Å². The largest absolute Gasteiger partial charge is 0.396 e. The molecule has 1 aliphatic rings. The van der Waals surface area contributed by atoms with Crippen LogP contribution in [-0.4, -0.2) is 80.1 Å². The Morgan fingerprint density at radius 2 is 1.81 bits per heavy atom. The van der Waals surface area contributed by atoms with E-state index in [9.17, 15) is 18.5 Å². The second-order valence-corrected chi connectivity index (χ2v) is 8.34. The molecule has 0 spiro atoms. The van der Waals surface area contributed by atoms with E-state index in [2.05, 4.69) is 4.90 Å². The van der Waals surface area contributed by atoms with Crippen LogP contribution in [0.25, 0.3) is 0 Å². The summed E-state index contributed by atoms with van der Waals surface area (Å²) >= 11 is 0. The molecule has 0 bridgehead atoms. The van der Waals surface area contributed by atoms with Gasteiger partial charge in [-0.25, -0.2) is 8.42 Å². The molecule has 1 aromatic carbocycles. The first-order valence-electron chi connectivity index (χ1n) is 9.21. The molecule has 1 heterocycles. The third-order valence-electron chi connectivity index (χ3n) is 4.83. The van der Waals surface area contributed by atoms with Gasteiger partial charge in [0.2, 0.25) is 10.0 Å². The molecule has 2 rings (SSSR count). The van der Waals surface area contributed by atoms with Crippen LogP contribution in [-0.2, 0) is 10.0 Å². The van der Waals surface area contributed by atoms with E-state index in [0.717, 1.165) is 19.6 Å². The first kappa shape index (κ1) is 21.5. The van der Waals surface area contributed by atoms with Crippen molar-refractivity contribution in [2.75, 3.05) is 57.3 Å². The molecular weight excluding hydrogens is 372 g/mol. The average Bonchev–Trinajstić information content (AvgIpc) is 2.67. The Morgan fingerprint density at radius 1 is 1.19 bits per heavy atom. The molecule has 27 heavy (non-hydrogen) atoms. The number of benzene rings is 1. The van der Waals surface area contributed by atoms with Crippen molar-refractivity contribution in [1.29, 1.82) is 0 Å². The summed E-state index contributed by atoms with van der Waals surface area (Å²) in [7, 11) is -3.75. The lowest BCUT2D eigenvalue weighted by atomic mass is 10.2. The molecule has 0 saturated carbocycles. The molecule has 0 amide bonds. The van der Waals surface area contributed by atoms with Crippen molar-refractivity contribution < 1.29 is 18.4 Å². The summed E-state index contributed by atoms with van der Waals surface area (Å²) in [6.07, 6.45) is 0.706. The molecule has 1 aliphatic heterocycles. The van der Waals surface area contributed by atoms with E-state index in [-0.39, 0.29) is 17.2 Å². The summed E-state index contributed by atoms with van der Waals surface area (Å²) in [6.45, 7) is 7.77. The number of nitrogens with zero attached hydrogens (tertiary/aromatic N) is 4. The lowest BCUT2D eigenvalue weighted by Crippen LogP contribution is -2.47. The van der Waals surface area contributed by atoms with Crippen molar-refractivity contribution >= 4 is 21.4 Å². The highest BCUT2D eigenvalue weighted by Crippen LogP contribution is 2.32. The fraction of sp³-hybridized carbons (Fsp3) is 0.647. The molecule has 0 aliphatic carbocycles. The highest BCUT2D eigenvalue weighted by atomic mass is 32.2. The van der Waals surface area contributed by atoms with Gasteiger partial charge in [-0.15, -0.1) is 0 Å². The number of aliphatic hydroxyl groups is 1. The molecule has 0 radical (unpaired) electrons. The first-order chi connectivity index (χ1) is 12.8. The maximum Gasteiger partial charge on any atom is 0.293 e. The van der Waals surface area contributed by atoms with Gasteiger partial charge in [0.25, 0.3) is 5.69 Å². The molecule has 1 fully saturated rings. The van der Waals surface area contributed by atoms with Gasteiger partial charge in [-0.3, -0.25) is 15.0 Å². The second-order valence-electron chi connectivity index (χ2n) is 6.40. The molecule has 152 valence electrons. The molecule has 9 nitrogen and oxygen atoms in total. The summed E-state index contributed by atoms with van der Waals surface area (Å²) in [6, 6.07) is 4.16. The molecular formula is C17H28N4O5S. The number of nitro benzene ring substituents is 1. The van der Waals surface area contributed by atoms with Crippen LogP contribution in [0.4, 0.5) is 11.4 Å². The number of hydrogen-bond donors (Lipinski definition) is 1. The Bertz CT molecular complexity index is 744. The van der Waals surface area contributed by atoms with Crippen LogP contribution in [0.15, 0.2) is 23.1 Å². The van der Waals surface area contributed by atoms with Crippen molar-refractivity contribution in [3.8, 4) is 0 Å². The van der Waals surface area contributed by atoms with Gasteiger partial charge in [-0.2, -0.15) is 4.31 Å². The van der Waals surface area contributed by atoms with E-state index in [1.54, 1.807) is 13.8 Å². The Hall–Kier alpha value is -1.75. The van der Waals surface area contributed by atoms with Crippen molar-refractivity contribution in [3.05, 3.63) is 28.3 Å². The van der Waals surface area contributed by atoms with E-state index in [4.69, 9.17) is 5.11 Å². The highest BCUT2D eigenvalue weighted by molar-refractivity contribution is 7.89. The van der Waals surface area contributed by atoms with E-state index >= 15 is 0 Å². The third-order valence-corrected chi connectivity index (χ3v) is 6.88. The van der Waals surface area contributed by atoms with Gasteiger partial charge in [0.15, 0.2) is 0 Å². The Kier molecular flexibility index (Phi) is 7.54. The zero-order chi connectivity index (χ0) is 20.0. The standard InChI is InChI=1S/C17H28N4O5S/c1-3-20(4-2)27(25,26)15-6-7-16(17(14-15)21(23)24)19-11-9-18(10-12-19)8-5-13-22/h6-7,14,22H,3-5,8-13H2,1-2H3. The number of sulfonamides is 1. The maximum absolute atomic E-state index is 12.7. The van der Waals surface area contributed by atoms with Gasteiger partial charge in [0.1, 0.15) is 5.69 Å². The molecule has 1 N–H and O–H groups in total. The molecule has 0 unspecified atom stereocenters. The zero-order valence-electron chi connectivity index (χ0n) is 15.9.